The van der Waals surface area contributed by atoms with E-state index in [-0.39, 0.29) is 0 Å². The van der Waals surface area contributed by atoms with E-state index >= 15 is 0 Å². The molecule has 1 unspecified atom stereocenters. The second kappa shape index (κ2) is 4.32. The molecular weight excluding hydrogens is 240 g/mol. The molecule has 0 radical (unpaired) electrons. The SMILES string of the molecule is CC1CN(c2ccc(Br)cc2)CCN1. The lowest BCUT2D eigenvalue weighted by atomic mass is 10.2. The first-order chi connectivity index (χ1) is 6.75. The zero-order valence-corrected chi connectivity index (χ0v) is 9.92. The molecule has 76 valence electrons. The molecule has 1 fully saturated rings. The highest BCUT2D eigenvalue weighted by atomic mass is 79.9. The monoisotopic (exact) mass is 254 g/mol. The molecule has 0 aliphatic carbocycles. The molecule has 1 heterocycles. The molecule has 1 aliphatic heterocycles. The first kappa shape index (κ1) is 9.99. The van der Waals surface area contributed by atoms with Crippen molar-refractivity contribution in [2.45, 2.75) is 13.0 Å². The standard InChI is InChI=1S/C11H15BrN2/c1-9-8-14(7-6-13-9)11-4-2-10(12)3-5-11/h2-5,9,13H,6-8H2,1H3. The van der Waals surface area contributed by atoms with Crippen LogP contribution >= 0.6 is 15.9 Å². The van der Waals surface area contributed by atoms with Gasteiger partial charge in [-0.3, -0.25) is 0 Å². The molecule has 0 spiro atoms. The van der Waals surface area contributed by atoms with Crippen LogP contribution in [0.5, 0.6) is 0 Å². The molecule has 2 rings (SSSR count). The average molecular weight is 255 g/mol. The van der Waals surface area contributed by atoms with Gasteiger partial charge >= 0.3 is 0 Å². The van der Waals surface area contributed by atoms with Crippen molar-refractivity contribution in [2.24, 2.45) is 0 Å². The molecule has 0 saturated carbocycles. The van der Waals surface area contributed by atoms with Gasteiger partial charge in [-0.15, -0.1) is 0 Å². The molecule has 14 heavy (non-hydrogen) atoms. The Morgan fingerprint density at radius 2 is 2.07 bits per heavy atom. The molecule has 1 saturated heterocycles. The molecule has 1 atom stereocenters. The summed E-state index contributed by atoms with van der Waals surface area (Å²) in [5.74, 6) is 0. The maximum atomic E-state index is 3.45. The third kappa shape index (κ3) is 2.28. The Bertz CT molecular complexity index is 297. The fraction of sp³-hybridized carbons (Fsp3) is 0.455. The largest absolute Gasteiger partial charge is 0.369 e. The fourth-order valence-corrected chi connectivity index (χ4v) is 2.08. The maximum Gasteiger partial charge on any atom is 0.0367 e. The molecule has 1 aliphatic rings. The van der Waals surface area contributed by atoms with Crippen LogP contribution < -0.4 is 10.2 Å². The second-order valence-electron chi connectivity index (χ2n) is 3.78. The Morgan fingerprint density at radius 1 is 1.36 bits per heavy atom. The van der Waals surface area contributed by atoms with Gasteiger partial charge in [-0.1, -0.05) is 15.9 Å². The molecule has 0 amide bonds. The Labute approximate surface area is 93.4 Å². The Hall–Kier alpha value is -0.540. The van der Waals surface area contributed by atoms with Gasteiger partial charge in [-0.25, -0.2) is 0 Å². The van der Waals surface area contributed by atoms with E-state index in [4.69, 9.17) is 0 Å². The minimum Gasteiger partial charge on any atom is -0.369 e. The van der Waals surface area contributed by atoms with Crippen LogP contribution in [-0.2, 0) is 0 Å². The summed E-state index contributed by atoms with van der Waals surface area (Å²) in [6.07, 6.45) is 0. The molecule has 0 bridgehead atoms. The third-order valence-corrected chi connectivity index (χ3v) is 3.09. The number of benzene rings is 1. The van der Waals surface area contributed by atoms with Crippen LogP contribution in [0.1, 0.15) is 6.92 Å². The minimum absolute atomic E-state index is 0.590. The second-order valence-corrected chi connectivity index (χ2v) is 4.69. The van der Waals surface area contributed by atoms with Crippen LogP contribution in [0.25, 0.3) is 0 Å². The molecule has 1 N–H and O–H groups in total. The van der Waals surface area contributed by atoms with Crippen molar-refractivity contribution >= 4 is 21.6 Å². The summed E-state index contributed by atoms with van der Waals surface area (Å²) in [4.78, 5) is 2.42. The maximum absolute atomic E-state index is 3.45. The van der Waals surface area contributed by atoms with Gasteiger partial charge in [0.1, 0.15) is 0 Å². The highest BCUT2D eigenvalue weighted by Crippen LogP contribution is 2.19. The van der Waals surface area contributed by atoms with Crippen molar-refractivity contribution in [3.05, 3.63) is 28.7 Å². The van der Waals surface area contributed by atoms with Gasteiger partial charge in [0.2, 0.25) is 0 Å². The predicted octanol–water partition coefficient (Wildman–Crippen LogP) is 2.25. The number of piperazine rings is 1. The van der Waals surface area contributed by atoms with Gasteiger partial charge in [0.15, 0.2) is 0 Å². The zero-order valence-electron chi connectivity index (χ0n) is 8.33. The molecule has 3 heteroatoms. The summed E-state index contributed by atoms with van der Waals surface area (Å²) in [5.41, 5.74) is 1.32. The predicted molar refractivity (Wildman–Crippen MR) is 63.8 cm³/mol. The van der Waals surface area contributed by atoms with Gasteiger partial charge < -0.3 is 10.2 Å². The van der Waals surface area contributed by atoms with E-state index in [0.29, 0.717) is 6.04 Å². The normalized spacial score (nSPS) is 22.4. The van der Waals surface area contributed by atoms with Crippen molar-refractivity contribution in [1.82, 2.24) is 5.32 Å². The topological polar surface area (TPSA) is 15.3 Å². The number of hydrogen-bond donors (Lipinski definition) is 1. The van der Waals surface area contributed by atoms with Gasteiger partial charge in [-0.05, 0) is 31.2 Å². The minimum atomic E-state index is 0.590. The number of hydrogen-bond acceptors (Lipinski definition) is 2. The van der Waals surface area contributed by atoms with Crippen LogP contribution in [0.15, 0.2) is 28.7 Å². The zero-order chi connectivity index (χ0) is 9.97. The van der Waals surface area contributed by atoms with E-state index in [1.54, 1.807) is 0 Å². The summed E-state index contributed by atoms with van der Waals surface area (Å²) in [7, 11) is 0. The third-order valence-electron chi connectivity index (χ3n) is 2.56. The van der Waals surface area contributed by atoms with E-state index in [1.807, 2.05) is 0 Å². The van der Waals surface area contributed by atoms with Crippen LogP contribution in [0.3, 0.4) is 0 Å². The summed E-state index contributed by atoms with van der Waals surface area (Å²) < 4.78 is 1.14. The Morgan fingerprint density at radius 3 is 2.71 bits per heavy atom. The van der Waals surface area contributed by atoms with Crippen molar-refractivity contribution < 1.29 is 0 Å². The lowest BCUT2D eigenvalue weighted by molar-refractivity contribution is 0.485. The first-order valence-electron chi connectivity index (χ1n) is 4.99. The van der Waals surface area contributed by atoms with Gasteiger partial charge in [0.05, 0.1) is 0 Å². The summed E-state index contributed by atoms with van der Waals surface area (Å²) in [5, 5.41) is 3.44. The smallest absolute Gasteiger partial charge is 0.0367 e. The summed E-state index contributed by atoms with van der Waals surface area (Å²) in [6.45, 7) is 5.51. The Kier molecular flexibility index (Phi) is 3.08. The molecular formula is C11H15BrN2. The number of anilines is 1. The van der Waals surface area contributed by atoms with Crippen LogP contribution in [0, 0.1) is 0 Å². The van der Waals surface area contributed by atoms with E-state index in [0.717, 1.165) is 24.1 Å². The lowest BCUT2D eigenvalue weighted by Crippen LogP contribution is -2.49. The Balaban J connectivity index is 2.10. The highest BCUT2D eigenvalue weighted by Gasteiger charge is 2.15. The quantitative estimate of drug-likeness (QED) is 0.828. The van der Waals surface area contributed by atoms with Crippen LogP contribution in [0.2, 0.25) is 0 Å². The van der Waals surface area contributed by atoms with Crippen molar-refractivity contribution in [1.29, 1.82) is 0 Å². The highest BCUT2D eigenvalue weighted by molar-refractivity contribution is 9.10. The lowest BCUT2D eigenvalue weighted by Gasteiger charge is -2.33. The number of nitrogens with zero attached hydrogens (tertiary/aromatic N) is 1. The number of nitrogens with one attached hydrogen (secondary N) is 1. The van der Waals surface area contributed by atoms with E-state index in [2.05, 4.69) is 57.3 Å². The van der Waals surface area contributed by atoms with Gasteiger partial charge in [0.25, 0.3) is 0 Å². The number of rotatable bonds is 1. The van der Waals surface area contributed by atoms with Crippen LogP contribution in [0.4, 0.5) is 5.69 Å². The first-order valence-corrected chi connectivity index (χ1v) is 5.79. The summed E-state index contributed by atoms with van der Waals surface area (Å²) >= 11 is 3.45. The number of halogens is 1. The van der Waals surface area contributed by atoms with E-state index < -0.39 is 0 Å². The van der Waals surface area contributed by atoms with Crippen molar-refractivity contribution in [2.75, 3.05) is 24.5 Å². The van der Waals surface area contributed by atoms with Crippen molar-refractivity contribution in [3.63, 3.8) is 0 Å². The van der Waals surface area contributed by atoms with E-state index in [1.165, 1.54) is 5.69 Å². The molecule has 0 aromatic heterocycles. The molecule has 1 aromatic rings. The fourth-order valence-electron chi connectivity index (χ4n) is 1.82. The molecule has 1 aromatic carbocycles. The van der Waals surface area contributed by atoms with Gasteiger partial charge in [-0.2, -0.15) is 0 Å². The van der Waals surface area contributed by atoms with Gasteiger partial charge in [0, 0.05) is 35.8 Å². The molecule has 2 nitrogen and oxygen atoms in total. The van der Waals surface area contributed by atoms with E-state index in [9.17, 15) is 0 Å². The summed E-state index contributed by atoms with van der Waals surface area (Å²) in [6, 6.07) is 9.13. The average Bonchev–Trinajstić information content (AvgIpc) is 2.19. The van der Waals surface area contributed by atoms with Crippen LogP contribution in [-0.4, -0.2) is 25.7 Å². The van der Waals surface area contributed by atoms with Crippen molar-refractivity contribution in [3.8, 4) is 0 Å².